The van der Waals surface area contributed by atoms with Crippen molar-refractivity contribution in [1.29, 1.82) is 0 Å². The maximum absolute atomic E-state index is 13.1. The molecule has 4 rings (SSSR count). The van der Waals surface area contributed by atoms with Crippen molar-refractivity contribution in [3.05, 3.63) is 29.3 Å². The molecule has 1 aromatic carbocycles. The minimum atomic E-state index is 0.0459. The maximum Gasteiger partial charge on any atom is 0.253 e. The quantitative estimate of drug-likeness (QED) is 0.799. The summed E-state index contributed by atoms with van der Waals surface area (Å²) in [5.41, 5.74) is 1.66. The Morgan fingerprint density at radius 3 is 2.52 bits per heavy atom. The minimum absolute atomic E-state index is 0.0459. The van der Waals surface area contributed by atoms with Gasteiger partial charge in [-0.1, -0.05) is 19.3 Å². The molecule has 1 atom stereocenters. The van der Waals surface area contributed by atoms with Crippen molar-refractivity contribution < 1.29 is 14.3 Å². The molecule has 146 valence electrons. The van der Waals surface area contributed by atoms with Gasteiger partial charge in [-0.3, -0.25) is 9.59 Å². The van der Waals surface area contributed by atoms with E-state index in [0.29, 0.717) is 18.7 Å². The zero-order chi connectivity index (χ0) is 18.8. The number of hydrogen-bond acceptors (Lipinski definition) is 3. The van der Waals surface area contributed by atoms with E-state index in [2.05, 4.69) is 6.92 Å². The van der Waals surface area contributed by atoms with Crippen molar-refractivity contribution in [2.24, 2.45) is 5.92 Å². The Hall–Kier alpha value is -2.04. The number of nitrogens with zero attached hydrogens (tertiary/aromatic N) is 2. The molecule has 5 nitrogen and oxygen atoms in total. The van der Waals surface area contributed by atoms with E-state index < -0.39 is 0 Å². The van der Waals surface area contributed by atoms with Gasteiger partial charge in [-0.15, -0.1) is 0 Å². The molecular weight excluding hydrogens is 340 g/mol. The molecule has 0 radical (unpaired) electrons. The van der Waals surface area contributed by atoms with E-state index in [0.717, 1.165) is 62.9 Å². The second-order valence-corrected chi connectivity index (χ2v) is 8.28. The van der Waals surface area contributed by atoms with Crippen LogP contribution in [0.1, 0.15) is 67.8 Å². The Morgan fingerprint density at radius 1 is 1.04 bits per heavy atom. The first kappa shape index (κ1) is 18.3. The molecule has 0 N–H and O–H groups in total. The summed E-state index contributed by atoms with van der Waals surface area (Å²) >= 11 is 0. The largest absolute Gasteiger partial charge is 0.491 e. The van der Waals surface area contributed by atoms with E-state index in [1.165, 1.54) is 6.42 Å². The molecule has 2 heterocycles. The normalized spacial score (nSPS) is 23.5. The summed E-state index contributed by atoms with van der Waals surface area (Å²) in [5.74, 6) is 1.31. The smallest absolute Gasteiger partial charge is 0.253 e. The number of rotatable bonds is 2. The van der Waals surface area contributed by atoms with Crippen LogP contribution in [0.4, 0.5) is 0 Å². The average Bonchev–Trinajstić information content (AvgIpc) is 3.19. The van der Waals surface area contributed by atoms with Crippen LogP contribution in [-0.2, 0) is 11.3 Å². The van der Waals surface area contributed by atoms with Gasteiger partial charge in [0.2, 0.25) is 5.91 Å². The standard InChI is InChI=1S/C22H30N2O3/c1-16-15-27-20-10-9-18(21(25)23-11-5-6-12-23)13-19(20)14-24(16)22(26)17-7-3-2-4-8-17/h9-10,13,16-17H,2-8,11-12,14-15H2,1H3/t16-/m0/s1. The fourth-order valence-corrected chi connectivity index (χ4v) is 4.60. The predicted octanol–water partition coefficient (Wildman–Crippen LogP) is 3.61. The summed E-state index contributed by atoms with van der Waals surface area (Å²) in [7, 11) is 0. The highest BCUT2D eigenvalue weighted by atomic mass is 16.5. The number of likely N-dealkylation sites (tertiary alicyclic amines) is 1. The van der Waals surface area contributed by atoms with E-state index in [1.807, 2.05) is 28.0 Å². The Kier molecular flexibility index (Phi) is 5.37. The van der Waals surface area contributed by atoms with E-state index in [-0.39, 0.29) is 23.8 Å². The number of amides is 2. The lowest BCUT2D eigenvalue weighted by atomic mass is 9.88. The van der Waals surface area contributed by atoms with Crippen LogP contribution in [0.15, 0.2) is 18.2 Å². The molecule has 1 saturated carbocycles. The van der Waals surface area contributed by atoms with Crippen molar-refractivity contribution in [3.8, 4) is 5.75 Å². The van der Waals surface area contributed by atoms with Crippen molar-refractivity contribution in [3.63, 3.8) is 0 Å². The van der Waals surface area contributed by atoms with Crippen LogP contribution >= 0.6 is 0 Å². The highest BCUT2D eigenvalue weighted by molar-refractivity contribution is 5.94. The lowest BCUT2D eigenvalue weighted by Gasteiger charge is -2.32. The summed E-state index contributed by atoms with van der Waals surface area (Å²) in [5, 5.41) is 0. The van der Waals surface area contributed by atoms with Gasteiger partial charge >= 0.3 is 0 Å². The number of hydrogen-bond donors (Lipinski definition) is 0. The van der Waals surface area contributed by atoms with E-state index in [4.69, 9.17) is 4.74 Å². The molecule has 1 aromatic rings. The SMILES string of the molecule is C[C@H]1COc2ccc(C(=O)N3CCCC3)cc2CN1C(=O)C1CCCCC1. The molecule has 0 unspecified atom stereocenters. The molecule has 27 heavy (non-hydrogen) atoms. The Balaban J connectivity index is 1.55. The van der Waals surface area contributed by atoms with Crippen LogP contribution in [0.25, 0.3) is 0 Å². The van der Waals surface area contributed by atoms with Crippen LogP contribution in [0, 0.1) is 5.92 Å². The Morgan fingerprint density at radius 2 is 1.78 bits per heavy atom. The molecule has 2 aliphatic heterocycles. The van der Waals surface area contributed by atoms with Crippen molar-refractivity contribution in [2.75, 3.05) is 19.7 Å². The van der Waals surface area contributed by atoms with Gasteiger partial charge in [-0.05, 0) is 50.8 Å². The molecule has 1 aliphatic carbocycles. The third-order valence-corrected chi connectivity index (χ3v) is 6.29. The molecule has 0 spiro atoms. The van der Waals surface area contributed by atoms with Crippen molar-refractivity contribution >= 4 is 11.8 Å². The van der Waals surface area contributed by atoms with Crippen molar-refractivity contribution in [1.82, 2.24) is 9.80 Å². The summed E-state index contributed by atoms with van der Waals surface area (Å²) in [6.45, 7) is 4.78. The third kappa shape index (κ3) is 3.83. The summed E-state index contributed by atoms with van der Waals surface area (Å²) in [6.07, 6.45) is 7.72. The number of benzene rings is 1. The van der Waals surface area contributed by atoms with Gasteiger partial charge in [0, 0.05) is 36.7 Å². The lowest BCUT2D eigenvalue weighted by Crippen LogP contribution is -2.43. The molecule has 0 aromatic heterocycles. The van der Waals surface area contributed by atoms with Crippen molar-refractivity contribution in [2.45, 2.75) is 64.5 Å². The predicted molar refractivity (Wildman–Crippen MR) is 104 cm³/mol. The maximum atomic E-state index is 13.1. The lowest BCUT2D eigenvalue weighted by molar-refractivity contribution is -0.139. The van der Waals surface area contributed by atoms with Gasteiger partial charge in [-0.2, -0.15) is 0 Å². The first-order valence-corrected chi connectivity index (χ1v) is 10.5. The fraction of sp³-hybridized carbons (Fsp3) is 0.636. The molecular formula is C22H30N2O3. The molecule has 2 amide bonds. The van der Waals surface area contributed by atoms with Crippen LogP contribution < -0.4 is 4.74 Å². The minimum Gasteiger partial charge on any atom is -0.491 e. The fourth-order valence-electron chi connectivity index (χ4n) is 4.60. The van der Waals surface area contributed by atoms with Crippen LogP contribution in [-0.4, -0.2) is 47.4 Å². The molecule has 3 aliphatic rings. The second kappa shape index (κ2) is 7.91. The highest BCUT2D eigenvalue weighted by Gasteiger charge is 2.32. The van der Waals surface area contributed by atoms with E-state index >= 15 is 0 Å². The monoisotopic (exact) mass is 370 g/mol. The number of ether oxygens (including phenoxy) is 1. The first-order valence-electron chi connectivity index (χ1n) is 10.5. The van der Waals surface area contributed by atoms with E-state index in [9.17, 15) is 9.59 Å². The van der Waals surface area contributed by atoms with Gasteiger partial charge < -0.3 is 14.5 Å². The summed E-state index contributed by atoms with van der Waals surface area (Å²) in [6, 6.07) is 5.75. The number of carbonyl (C=O) groups is 2. The Labute approximate surface area is 161 Å². The topological polar surface area (TPSA) is 49.9 Å². The summed E-state index contributed by atoms with van der Waals surface area (Å²) in [4.78, 5) is 29.8. The summed E-state index contributed by atoms with van der Waals surface area (Å²) < 4.78 is 5.97. The zero-order valence-corrected chi connectivity index (χ0v) is 16.3. The molecule has 0 bridgehead atoms. The van der Waals surface area contributed by atoms with Crippen LogP contribution in [0.5, 0.6) is 5.75 Å². The van der Waals surface area contributed by atoms with Gasteiger partial charge in [0.1, 0.15) is 12.4 Å². The van der Waals surface area contributed by atoms with Crippen LogP contribution in [0.2, 0.25) is 0 Å². The Bertz CT molecular complexity index is 706. The molecule has 2 fully saturated rings. The van der Waals surface area contributed by atoms with Crippen LogP contribution in [0.3, 0.4) is 0 Å². The second-order valence-electron chi connectivity index (χ2n) is 8.28. The number of carbonyl (C=O) groups excluding carboxylic acids is 2. The average molecular weight is 370 g/mol. The van der Waals surface area contributed by atoms with Gasteiger partial charge in [0.15, 0.2) is 0 Å². The van der Waals surface area contributed by atoms with Gasteiger partial charge in [-0.25, -0.2) is 0 Å². The zero-order valence-electron chi connectivity index (χ0n) is 16.3. The van der Waals surface area contributed by atoms with Gasteiger partial charge in [0.25, 0.3) is 5.91 Å². The number of fused-ring (bicyclic) bond motifs is 1. The first-order chi connectivity index (χ1) is 13.1. The molecule has 1 saturated heterocycles. The van der Waals surface area contributed by atoms with Gasteiger partial charge in [0.05, 0.1) is 6.04 Å². The molecule has 5 heteroatoms. The third-order valence-electron chi connectivity index (χ3n) is 6.29. The van der Waals surface area contributed by atoms with E-state index in [1.54, 1.807) is 0 Å². The highest BCUT2D eigenvalue weighted by Crippen LogP contribution is 2.31.